The molecular weight excluding hydrogens is 412 g/mol. The van der Waals surface area contributed by atoms with Gasteiger partial charge in [0.05, 0.1) is 5.69 Å². The van der Waals surface area contributed by atoms with E-state index in [1.165, 1.54) is 51.9 Å². The SMILES string of the molecule is Cc1ccc(-c2[nH]c3ccccc3c2SCCNC(=O)C23CC4CC(CC(C4)C2)C3)cc1. The first-order valence-electron chi connectivity index (χ1n) is 12.2. The first-order chi connectivity index (χ1) is 15.6. The summed E-state index contributed by atoms with van der Waals surface area (Å²) in [6, 6.07) is 17.2. The van der Waals surface area contributed by atoms with Crippen LogP contribution in [-0.2, 0) is 4.79 Å². The molecule has 0 spiro atoms. The van der Waals surface area contributed by atoms with Gasteiger partial charge < -0.3 is 10.3 Å². The van der Waals surface area contributed by atoms with Crippen LogP contribution in [0.2, 0.25) is 0 Å². The third-order valence-corrected chi connectivity index (χ3v) is 9.27. The van der Waals surface area contributed by atoms with Gasteiger partial charge in [0.1, 0.15) is 0 Å². The fraction of sp³-hybridized carbons (Fsp3) is 0.464. The van der Waals surface area contributed by atoms with Gasteiger partial charge in [0.15, 0.2) is 0 Å². The zero-order valence-corrected chi connectivity index (χ0v) is 19.6. The number of carbonyl (C=O) groups excluding carboxylic acids is 1. The van der Waals surface area contributed by atoms with E-state index in [-0.39, 0.29) is 5.41 Å². The quantitative estimate of drug-likeness (QED) is 0.334. The Morgan fingerprint density at radius 2 is 1.66 bits per heavy atom. The standard InChI is InChI=1S/C28H32N2OS/c1-18-6-8-22(9-7-18)25-26(23-4-2-3-5-24(23)30-25)32-11-10-29-27(31)28-15-19-12-20(16-28)14-21(13-19)17-28/h2-9,19-21,30H,10-17H2,1H3,(H,29,31). The normalized spacial score (nSPS) is 28.3. The van der Waals surface area contributed by atoms with E-state index in [2.05, 4.69) is 65.8 Å². The lowest BCUT2D eigenvalue weighted by Gasteiger charge is -2.55. The first kappa shape index (κ1) is 20.4. The van der Waals surface area contributed by atoms with Crippen LogP contribution in [0.3, 0.4) is 0 Å². The predicted molar refractivity (Wildman–Crippen MR) is 133 cm³/mol. The van der Waals surface area contributed by atoms with Crippen LogP contribution < -0.4 is 5.32 Å². The van der Waals surface area contributed by atoms with Crippen molar-refractivity contribution in [2.75, 3.05) is 12.3 Å². The van der Waals surface area contributed by atoms with Crippen molar-refractivity contribution < 1.29 is 4.79 Å². The Morgan fingerprint density at radius 1 is 1.00 bits per heavy atom. The van der Waals surface area contributed by atoms with Gasteiger partial charge in [-0.3, -0.25) is 4.79 Å². The molecule has 0 radical (unpaired) electrons. The molecule has 4 fully saturated rings. The number of carbonyl (C=O) groups is 1. The van der Waals surface area contributed by atoms with Crippen LogP contribution in [0.25, 0.3) is 22.2 Å². The van der Waals surface area contributed by atoms with Crippen LogP contribution in [-0.4, -0.2) is 23.2 Å². The predicted octanol–water partition coefficient (Wildman–Crippen LogP) is 6.57. The molecule has 4 aliphatic rings. The Labute approximate surface area is 194 Å². The van der Waals surface area contributed by atoms with Crippen molar-refractivity contribution in [1.82, 2.24) is 10.3 Å². The van der Waals surface area contributed by atoms with E-state index in [0.29, 0.717) is 5.91 Å². The molecule has 7 rings (SSSR count). The van der Waals surface area contributed by atoms with Crippen molar-refractivity contribution in [2.45, 2.75) is 50.3 Å². The number of nitrogens with one attached hydrogen (secondary N) is 2. The highest BCUT2D eigenvalue weighted by Crippen LogP contribution is 2.60. The van der Waals surface area contributed by atoms with Crippen molar-refractivity contribution in [3.05, 3.63) is 54.1 Å². The fourth-order valence-corrected chi connectivity index (χ4v) is 8.14. The number of hydrogen-bond acceptors (Lipinski definition) is 2. The number of thioether (sulfide) groups is 1. The van der Waals surface area contributed by atoms with Gasteiger partial charge in [-0.1, -0.05) is 48.0 Å². The van der Waals surface area contributed by atoms with E-state index in [4.69, 9.17) is 0 Å². The second-order valence-electron chi connectivity index (χ2n) is 10.5. The van der Waals surface area contributed by atoms with E-state index in [1.807, 2.05) is 11.8 Å². The molecule has 0 aliphatic heterocycles. The third-order valence-electron chi connectivity index (χ3n) is 8.15. The third kappa shape index (κ3) is 3.57. The topological polar surface area (TPSA) is 44.9 Å². The van der Waals surface area contributed by atoms with Gasteiger partial charge in [-0.15, -0.1) is 11.8 Å². The van der Waals surface area contributed by atoms with Crippen LogP contribution >= 0.6 is 11.8 Å². The summed E-state index contributed by atoms with van der Waals surface area (Å²) in [6.45, 7) is 2.86. The van der Waals surface area contributed by atoms with Crippen molar-refractivity contribution >= 4 is 28.6 Å². The Morgan fingerprint density at radius 3 is 2.34 bits per heavy atom. The lowest BCUT2D eigenvalue weighted by molar-refractivity contribution is -0.146. The number of aryl methyl sites for hydroxylation is 1. The number of aromatic nitrogens is 1. The summed E-state index contributed by atoms with van der Waals surface area (Å²) in [7, 11) is 0. The molecule has 0 atom stereocenters. The molecule has 4 heteroatoms. The lowest BCUT2D eigenvalue weighted by atomic mass is 9.49. The van der Waals surface area contributed by atoms with E-state index in [0.717, 1.165) is 49.3 Å². The molecule has 0 saturated heterocycles. The zero-order chi connectivity index (χ0) is 21.7. The van der Waals surface area contributed by atoms with E-state index in [1.54, 1.807) is 0 Å². The highest BCUT2D eigenvalue weighted by atomic mass is 32.2. The number of para-hydroxylation sites is 1. The molecule has 1 aromatic heterocycles. The minimum absolute atomic E-state index is 0.0484. The van der Waals surface area contributed by atoms with Crippen LogP contribution in [0, 0.1) is 30.1 Å². The molecule has 1 heterocycles. The van der Waals surface area contributed by atoms with Gasteiger partial charge in [0.25, 0.3) is 0 Å². The minimum Gasteiger partial charge on any atom is -0.355 e. The number of benzene rings is 2. The second kappa shape index (κ2) is 7.98. The van der Waals surface area contributed by atoms with Crippen LogP contribution in [0.4, 0.5) is 0 Å². The molecule has 32 heavy (non-hydrogen) atoms. The van der Waals surface area contributed by atoms with E-state index in [9.17, 15) is 4.79 Å². The van der Waals surface area contributed by atoms with E-state index < -0.39 is 0 Å². The second-order valence-corrected chi connectivity index (χ2v) is 11.6. The summed E-state index contributed by atoms with van der Waals surface area (Å²) in [4.78, 5) is 18.2. The molecule has 3 nitrogen and oxygen atoms in total. The fourth-order valence-electron chi connectivity index (χ4n) is 7.08. The Kier molecular flexibility index (Phi) is 5.09. The maximum absolute atomic E-state index is 13.3. The molecule has 2 N–H and O–H groups in total. The zero-order valence-electron chi connectivity index (χ0n) is 18.8. The Balaban J connectivity index is 1.15. The number of amides is 1. The van der Waals surface area contributed by atoms with Crippen molar-refractivity contribution in [1.29, 1.82) is 0 Å². The van der Waals surface area contributed by atoms with Gasteiger partial charge in [0, 0.05) is 33.5 Å². The summed E-state index contributed by atoms with van der Waals surface area (Å²) in [5.74, 6) is 3.66. The summed E-state index contributed by atoms with van der Waals surface area (Å²) in [6.07, 6.45) is 7.55. The lowest BCUT2D eigenvalue weighted by Crippen LogP contribution is -2.53. The smallest absolute Gasteiger partial charge is 0.226 e. The Bertz CT molecular complexity index is 1110. The number of H-pyrrole nitrogens is 1. The van der Waals surface area contributed by atoms with Gasteiger partial charge in [-0.25, -0.2) is 0 Å². The summed E-state index contributed by atoms with van der Waals surface area (Å²) >= 11 is 1.86. The molecule has 3 aromatic rings. The highest BCUT2D eigenvalue weighted by Gasteiger charge is 2.54. The summed E-state index contributed by atoms with van der Waals surface area (Å²) in [5.41, 5.74) is 4.79. The number of hydrogen-bond donors (Lipinski definition) is 2. The van der Waals surface area contributed by atoms with Gasteiger partial charge in [0.2, 0.25) is 5.91 Å². The minimum atomic E-state index is -0.0484. The average Bonchev–Trinajstić information content (AvgIpc) is 3.15. The monoisotopic (exact) mass is 444 g/mol. The number of fused-ring (bicyclic) bond motifs is 1. The van der Waals surface area contributed by atoms with Gasteiger partial charge in [-0.2, -0.15) is 0 Å². The van der Waals surface area contributed by atoms with Crippen LogP contribution in [0.1, 0.15) is 44.1 Å². The molecule has 2 aromatic carbocycles. The highest BCUT2D eigenvalue weighted by molar-refractivity contribution is 7.99. The Hall–Kier alpha value is -2.20. The molecule has 1 amide bonds. The van der Waals surface area contributed by atoms with E-state index >= 15 is 0 Å². The summed E-state index contributed by atoms with van der Waals surface area (Å²) < 4.78 is 0. The molecule has 166 valence electrons. The largest absolute Gasteiger partial charge is 0.355 e. The van der Waals surface area contributed by atoms with Crippen molar-refractivity contribution in [3.8, 4) is 11.3 Å². The maximum atomic E-state index is 13.3. The van der Waals surface area contributed by atoms with Gasteiger partial charge in [-0.05, 0) is 74.8 Å². The summed E-state index contributed by atoms with van der Waals surface area (Å²) in [5, 5.41) is 4.61. The van der Waals surface area contributed by atoms with Gasteiger partial charge >= 0.3 is 0 Å². The molecule has 4 aliphatic carbocycles. The van der Waals surface area contributed by atoms with Crippen LogP contribution in [0.5, 0.6) is 0 Å². The first-order valence-corrected chi connectivity index (χ1v) is 13.2. The number of rotatable bonds is 6. The molecule has 0 unspecified atom stereocenters. The molecule has 4 saturated carbocycles. The average molecular weight is 445 g/mol. The number of aromatic amines is 1. The van der Waals surface area contributed by atoms with Crippen molar-refractivity contribution in [2.24, 2.45) is 23.2 Å². The molecule has 4 bridgehead atoms. The van der Waals surface area contributed by atoms with Crippen LogP contribution in [0.15, 0.2) is 53.4 Å². The maximum Gasteiger partial charge on any atom is 0.226 e. The van der Waals surface area contributed by atoms with Crippen molar-refractivity contribution in [3.63, 3.8) is 0 Å². The molecular formula is C28H32N2OS.